The summed E-state index contributed by atoms with van der Waals surface area (Å²) in [7, 11) is 0. The summed E-state index contributed by atoms with van der Waals surface area (Å²) < 4.78 is 12.5. The minimum absolute atomic E-state index is 0.0239. The van der Waals surface area contributed by atoms with E-state index in [-0.39, 0.29) is 51.9 Å². The minimum atomic E-state index is -0.828. The molecule has 7 nitrogen and oxygen atoms in total. The summed E-state index contributed by atoms with van der Waals surface area (Å²) in [6.45, 7) is 13.4. The molecular weight excluding hydrogens is 494 g/mol. The van der Waals surface area contributed by atoms with Gasteiger partial charge in [-0.2, -0.15) is 0 Å². The van der Waals surface area contributed by atoms with Crippen molar-refractivity contribution in [1.82, 2.24) is 4.90 Å². The van der Waals surface area contributed by atoms with Crippen molar-refractivity contribution in [2.45, 2.75) is 111 Å². The number of carbonyl (C=O) groups excluding carboxylic acids is 1. The van der Waals surface area contributed by atoms with Crippen LogP contribution in [0.1, 0.15) is 92.4 Å². The highest BCUT2D eigenvalue weighted by Crippen LogP contribution is 2.89. The molecule has 2 heterocycles. The van der Waals surface area contributed by atoms with Crippen LogP contribution in [0.15, 0.2) is 0 Å². The fourth-order valence-electron chi connectivity index (χ4n) is 12.7. The molecule has 2 N–H and O–H groups in total. The van der Waals surface area contributed by atoms with Crippen LogP contribution in [0.2, 0.25) is 0 Å². The number of carboxylic acid groups (broad SMARTS) is 1. The molecule has 7 aliphatic rings. The van der Waals surface area contributed by atoms with Gasteiger partial charge in [0.2, 0.25) is 0 Å². The van der Waals surface area contributed by atoms with E-state index in [1.54, 1.807) is 4.90 Å². The largest absolute Gasteiger partial charge is 0.481 e. The van der Waals surface area contributed by atoms with Gasteiger partial charge in [0.05, 0.1) is 18.1 Å². The van der Waals surface area contributed by atoms with Gasteiger partial charge < -0.3 is 24.6 Å². The number of likely N-dealkylation sites (tertiary alicyclic amines) is 1. The summed E-state index contributed by atoms with van der Waals surface area (Å²) >= 11 is 0. The third kappa shape index (κ3) is 3.08. The molecule has 5 saturated carbocycles. The molecule has 2 aliphatic heterocycles. The lowest BCUT2D eigenvalue weighted by atomic mass is 9.41. The molecule has 0 aromatic heterocycles. The SMILES string of the molecule is C[C@@H]1CCOC2[C@H]1[C@@]1(C)CC[C@@]34C[C@@]35CC[C@H](OC(=O)N3CC[C@H](C(=O)O)C3)C(C)(C)[C@@H]5CCC4[C@]1(C)[C@H]2O. The van der Waals surface area contributed by atoms with Crippen molar-refractivity contribution in [3.8, 4) is 0 Å². The van der Waals surface area contributed by atoms with Gasteiger partial charge in [0, 0.05) is 30.5 Å². The van der Waals surface area contributed by atoms with Crippen molar-refractivity contribution in [3.05, 3.63) is 0 Å². The van der Waals surface area contributed by atoms with Crippen LogP contribution in [0.3, 0.4) is 0 Å². The first-order chi connectivity index (χ1) is 18.3. The second-order valence-electron chi connectivity index (χ2n) is 15.9. The Morgan fingerprint density at radius 1 is 0.949 bits per heavy atom. The van der Waals surface area contributed by atoms with Crippen LogP contribution in [0, 0.1) is 56.7 Å². The molecule has 5 aliphatic carbocycles. The number of aliphatic hydroxyl groups excluding tert-OH is 1. The van der Waals surface area contributed by atoms with Gasteiger partial charge in [-0.3, -0.25) is 4.79 Å². The average Bonchev–Trinajstić information content (AvgIpc) is 3.18. The van der Waals surface area contributed by atoms with Gasteiger partial charge in [-0.1, -0.05) is 34.6 Å². The molecular formula is C32H49NO6. The van der Waals surface area contributed by atoms with Crippen LogP contribution in [0.5, 0.6) is 0 Å². The van der Waals surface area contributed by atoms with Crippen LogP contribution in [0.25, 0.3) is 0 Å². The third-order valence-electron chi connectivity index (χ3n) is 14.8. The quantitative estimate of drug-likeness (QED) is 0.488. The van der Waals surface area contributed by atoms with E-state index in [0.29, 0.717) is 36.6 Å². The lowest BCUT2D eigenvalue weighted by molar-refractivity contribution is -0.183. The van der Waals surface area contributed by atoms with Crippen molar-refractivity contribution >= 4 is 12.1 Å². The highest BCUT2D eigenvalue weighted by Gasteiger charge is 2.84. The van der Waals surface area contributed by atoms with E-state index < -0.39 is 18.0 Å². The summed E-state index contributed by atoms with van der Waals surface area (Å²) in [5, 5.41) is 21.4. The predicted octanol–water partition coefficient (Wildman–Crippen LogP) is 5.34. The summed E-state index contributed by atoms with van der Waals surface area (Å²) in [6, 6.07) is 0. The number of hydrogen-bond acceptors (Lipinski definition) is 5. The van der Waals surface area contributed by atoms with Crippen LogP contribution < -0.4 is 0 Å². The molecule has 0 aromatic carbocycles. The average molecular weight is 544 g/mol. The van der Waals surface area contributed by atoms with Crippen molar-refractivity contribution in [1.29, 1.82) is 0 Å². The molecule has 7 fully saturated rings. The first-order valence-corrected chi connectivity index (χ1v) is 15.8. The Kier molecular flexibility index (Phi) is 5.54. The molecule has 1 amide bonds. The molecule has 39 heavy (non-hydrogen) atoms. The zero-order valence-electron chi connectivity index (χ0n) is 24.6. The zero-order chi connectivity index (χ0) is 27.8. The molecule has 2 spiro atoms. The molecule has 0 aromatic rings. The maximum Gasteiger partial charge on any atom is 0.410 e. The first-order valence-electron chi connectivity index (χ1n) is 15.8. The van der Waals surface area contributed by atoms with Crippen LogP contribution in [-0.2, 0) is 14.3 Å². The van der Waals surface area contributed by atoms with Crippen molar-refractivity contribution in [2.75, 3.05) is 19.7 Å². The minimum Gasteiger partial charge on any atom is -0.481 e. The summed E-state index contributed by atoms with van der Waals surface area (Å²) in [5.74, 6) is 0.739. The van der Waals surface area contributed by atoms with Gasteiger partial charge in [0.25, 0.3) is 0 Å². The van der Waals surface area contributed by atoms with Gasteiger partial charge >= 0.3 is 12.1 Å². The van der Waals surface area contributed by atoms with Gasteiger partial charge in [-0.25, -0.2) is 4.79 Å². The second kappa shape index (κ2) is 8.14. The third-order valence-corrected chi connectivity index (χ3v) is 14.8. The van der Waals surface area contributed by atoms with E-state index in [9.17, 15) is 19.8 Å². The van der Waals surface area contributed by atoms with Crippen LogP contribution >= 0.6 is 0 Å². The van der Waals surface area contributed by atoms with Gasteiger partial charge in [0.1, 0.15) is 6.10 Å². The van der Waals surface area contributed by atoms with Gasteiger partial charge in [-0.05, 0) is 97.7 Å². The Bertz CT molecular complexity index is 1080. The van der Waals surface area contributed by atoms with E-state index >= 15 is 0 Å². The Morgan fingerprint density at radius 2 is 1.67 bits per heavy atom. The fraction of sp³-hybridized carbons (Fsp3) is 0.938. The smallest absolute Gasteiger partial charge is 0.410 e. The molecule has 7 rings (SSSR count). The lowest BCUT2D eigenvalue weighted by Gasteiger charge is -2.63. The second-order valence-corrected chi connectivity index (χ2v) is 15.9. The van der Waals surface area contributed by atoms with Gasteiger partial charge in [0.15, 0.2) is 0 Å². The number of rotatable bonds is 2. The number of fused-ring (bicyclic) bond motifs is 4. The highest BCUT2D eigenvalue weighted by atomic mass is 16.6. The summed E-state index contributed by atoms with van der Waals surface area (Å²) in [6.07, 6.45) is 8.64. The zero-order valence-corrected chi connectivity index (χ0v) is 24.6. The van der Waals surface area contributed by atoms with Crippen LogP contribution in [-0.4, -0.2) is 65.2 Å². The number of carboxylic acids is 1. The summed E-state index contributed by atoms with van der Waals surface area (Å²) in [4.78, 5) is 26.1. The molecule has 218 valence electrons. The topological polar surface area (TPSA) is 96.3 Å². The van der Waals surface area contributed by atoms with E-state index in [1.807, 2.05) is 0 Å². The van der Waals surface area contributed by atoms with Gasteiger partial charge in [-0.15, -0.1) is 0 Å². The van der Waals surface area contributed by atoms with E-state index in [0.717, 1.165) is 38.7 Å². The van der Waals surface area contributed by atoms with Crippen molar-refractivity contribution in [3.63, 3.8) is 0 Å². The normalized spacial score (nSPS) is 55.0. The monoisotopic (exact) mass is 543 g/mol. The fourth-order valence-corrected chi connectivity index (χ4v) is 12.7. The maximum atomic E-state index is 13.1. The van der Waals surface area contributed by atoms with E-state index in [1.165, 1.54) is 19.3 Å². The Balaban J connectivity index is 1.13. The number of aliphatic carboxylic acids is 1. The molecule has 2 unspecified atom stereocenters. The Morgan fingerprint density at radius 3 is 2.38 bits per heavy atom. The Hall–Kier alpha value is -1.34. The number of carbonyl (C=O) groups is 2. The molecule has 12 atom stereocenters. The molecule has 0 bridgehead atoms. The van der Waals surface area contributed by atoms with E-state index in [2.05, 4.69) is 34.6 Å². The number of aliphatic hydroxyl groups is 1. The molecule has 2 saturated heterocycles. The van der Waals surface area contributed by atoms with Crippen molar-refractivity contribution < 1.29 is 29.3 Å². The lowest BCUT2D eigenvalue weighted by Crippen LogP contribution is -2.60. The van der Waals surface area contributed by atoms with E-state index in [4.69, 9.17) is 9.47 Å². The van der Waals surface area contributed by atoms with Crippen molar-refractivity contribution in [2.24, 2.45) is 56.7 Å². The standard InChI is InChI=1S/C32H49NO6/c1-18-10-15-38-24-23(18)29(4)12-13-32-17-31(32)11-8-22(39-27(37)33-14-9-19(16-33)26(35)36)28(2,3)20(31)6-7-21(32)30(29,5)25(24)34/h18-25,34H,6-17H2,1-5H3,(H,35,36)/t18-,19+,20+,21?,22+,23+,24?,25+,29-,30-,31-,32+/m1/s1. The first kappa shape index (κ1) is 26.6. The number of amides is 1. The maximum absolute atomic E-state index is 13.1. The number of ether oxygens (including phenoxy) is 2. The highest BCUT2D eigenvalue weighted by molar-refractivity contribution is 5.74. The summed E-state index contributed by atoms with van der Waals surface area (Å²) in [5.41, 5.74) is 0.426. The van der Waals surface area contributed by atoms with Crippen LogP contribution in [0.4, 0.5) is 4.79 Å². The number of hydrogen-bond donors (Lipinski definition) is 2. The molecule has 0 radical (unpaired) electrons. The number of nitrogens with zero attached hydrogens (tertiary/aromatic N) is 1. The molecule has 7 heteroatoms. The Labute approximate surface area is 233 Å². The predicted molar refractivity (Wildman–Crippen MR) is 145 cm³/mol.